The van der Waals surface area contributed by atoms with Crippen molar-refractivity contribution in [1.29, 1.82) is 0 Å². The lowest BCUT2D eigenvalue weighted by Crippen LogP contribution is -2.26. The van der Waals surface area contributed by atoms with E-state index in [-0.39, 0.29) is 6.10 Å². The van der Waals surface area contributed by atoms with E-state index in [9.17, 15) is 0 Å². The minimum absolute atomic E-state index is 0.102. The summed E-state index contributed by atoms with van der Waals surface area (Å²) in [6, 6.07) is 15.9. The lowest BCUT2D eigenvalue weighted by molar-refractivity contribution is 0.242. The van der Waals surface area contributed by atoms with Crippen molar-refractivity contribution in [3.8, 4) is 17.0 Å². The molecule has 1 saturated heterocycles. The van der Waals surface area contributed by atoms with Crippen molar-refractivity contribution in [3.05, 3.63) is 61.1 Å². The summed E-state index contributed by atoms with van der Waals surface area (Å²) in [5.74, 6) is 2.33. The van der Waals surface area contributed by atoms with E-state index in [1.54, 1.807) is 12.5 Å². The number of rotatable bonds is 9. The molecule has 3 aromatic heterocycles. The molecule has 4 heterocycles. The summed E-state index contributed by atoms with van der Waals surface area (Å²) >= 11 is 0. The molecule has 0 radical (unpaired) electrons. The van der Waals surface area contributed by atoms with Crippen LogP contribution >= 0.6 is 0 Å². The molecule has 0 saturated carbocycles. The van der Waals surface area contributed by atoms with Crippen molar-refractivity contribution in [1.82, 2.24) is 24.8 Å². The number of likely N-dealkylation sites (tertiary alicyclic amines) is 1. The molecule has 0 spiro atoms. The van der Waals surface area contributed by atoms with Gasteiger partial charge in [-0.2, -0.15) is 0 Å². The average Bonchev–Trinajstić information content (AvgIpc) is 3.38. The third kappa shape index (κ3) is 5.84. The Hall–Kier alpha value is -3.78. The van der Waals surface area contributed by atoms with Crippen LogP contribution in [0, 0.1) is 0 Å². The number of anilines is 3. The van der Waals surface area contributed by atoms with Gasteiger partial charge in [-0.15, -0.1) is 0 Å². The van der Waals surface area contributed by atoms with Gasteiger partial charge in [0.2, 0.25) is 0 Å². The van der Waals surface area contributed by atoms with Crippen molar-refractivity contribution in [2.45, 2.75) is 32.8 Å². The second-order valence-electron chi connectivity index (χ2n) is 9.01. The highest BCUT2D eigenvalue weighted by Crippen LogP contribution is 2.31. The minimum Gasteiger partial charge on any atom is -0.491 e. The van der Waals surface area contributed by atoms with Gasteiger partial charge >= 0.3 is 0 Å². The van der Waals surface area contributed by atoms with Gasteiger partial charge in [-0.1, -0.05) is 12.1 Å². The van der Waals surface area contributed by atoms with Gasteiger partial charge in [-0.3, -0.25) is 0 Å². The summed E-state index contributed by atoms with van der Waals surface area (Å²) < 4.78 is 5.88. The quantitative estimate of drug-likeness (QED) is 0.349. The second-order valence-corrected chi connectivity index (χ2v) is 9.01. The van der Waals surface area contributed by atoms with Crippen LogP contribution in [0.25, 0.3) is 22.3 Å². The van der Waals surface area contributed by atoms with Gasteiger partial charge in [0.05, 0.1) is 17.5 Å². The normalized spacial score (nSPS) is 13.9. The van der Waals surface area contributed by atoms with Crippen LogP contribution in [0.1, 0.15) is 26.7 Å². The van der Waals surface area contributed by atoms with Gasteiger partial charge in [-0.05, 0) is 70.1 Å². The number of fused-ring (bicyclic) bond motifs is 1. The third-order valence-electron chi connectivity index (χ3n) is 5.95. The maximum absolute atomic E-state index is 5.88. The molecule has 180 valence electrons. The van der Waals surface area contributed by atoms with Crippen molar-refractivity contribution >= 4 is 28.4 Å². The Labute approximate surface area is 205 Å². The van der Waals surface area contributed by atoms with Crippen LogP contribution in [-0.4, -0.2) is 57.1 Å². The Morgan fingerprint density at radius 3 is 2.69 bits per heavy atom. The predicted octanol–water partition coefficient (Wildman–Crippen LogP) is 5.13. The molecule has 1 fully saturated rings. The highest BCUT2D eigenvalue weighted by molar-refractivity contribution is 5.93. The molecule has 1 aromatic carbocycles. The van der Waals surface area contributed by atoms with Crippen LogP contribution in [0.15, 0.2) is 61.1 Å². The Morgan fingerprint density at radius 2 is 1.83 bits per heavy atom. The summed E-state index contributed by atoms with van der Waals surface area (Å²) in [6.45, 7) is 8.30. The number of benzene rings is 1. The molecule has 0 aliphatic carbocycles. The van der Waals surface area contributed by atoms with E-state index in [0.29, 0.717) is 11.5 Å². The SMILES string of the molecule is CC(C)Oc1cccc(-c2cc(Nc3cc(NCCN4CCCC4)ncn3)c3cccnc3n2)c1. The summed E-state index contributed by atoms with van der Waals surface area (Å²) in [4.78, 5) is 20.6. The number of pyridine rings is 2. The molecule has 0 unspecified atom stereocenters. The van der Waals surface area contributed by atoms with Gasteiger partial charge in [0, 0.05) is 36.3 Å². The molecule has 8 nitrogen and oxygen atoms in total. The van der Waals surface area contributed by atoms with Crippen LogP contribution in [0.3, 0.4) is 0 Å². The fourth-order valence-corrected chi connectivity index (χ4v) is 4.32. The standard InChI is InChI=1S/C27H31N7O/c1-19(2)35-21-8-5-7-20(15-21)23-16-24(22-9-6-10-29-27(22)33-23)32-26-17-25(30-18-31-26)28-11-14-34-12-3-4-13-34/h5-10,15-19H,3-4,11-14H2,1-2H3,(H2,28,29,30,31,32,33). The number of nitrogens with zero attached hydrogens (tertiary/aromatic N) is 5. The molecular weight excluding hydrogens is 438 g/mol. The summed E-state index contributed by atoms with van der Waals surface area (Å²) in [5.41, 5.74) is 3.33. The van der Waals surface area contributed by atoms with E-state index in [4.69, 9.17) is 9.72 Å². The maximum atomic E-state index is 5.88. The van der Waals surface area contributed by atoms with Crippen molar-refractivity contribution in [2.75, 3.05) is 36.8 Å². The summed E-state index contributed by atoms with van der Waals surface area (Å²) in [5, 5.41) is 7.81. The van der Waals surface area contributed by atoms with E-state index < -0.39 is 0 Å². The third-order valence-corrected chi connectivity index (χ3v) is 5.95. The fourth-order valence-electron chi connectivity index (χ4n) is 4.32. The fraction of sp³-hybridized carbons (Fsp3) is 0.333. The smallest absolute Gasteiger partial charge is 0.161 e. The molecule has 0 atom stereocenters. The lowest BCUT2D eigenvalue weighted by Gasteiger charge is -2.15. The Morgan fingerprint density at radius 1 is 0.971 bits per heavy atom. The highest BCUT2D eigenvalue weighted by atomic mass is 16.5. The average molecular weight is 470 g/mol. The van der Waals surface area contributed by atoms with Gasteiger partial charge in [0.15, 0.2) is 5.65 Å². The first kappa shape index (κ1) is 23.0. The first-order valence-corrected chi connectivity index (χ1v) is 12.2. The van der Waals surface area contributed by atoms with E-state index >= 15 is 0 Å². The molecular formula is C27H31N7O. The number of aromatic nitrogens is 4. The first-order valence-electron chi connectivity index (χ1n) is 12.2. The number of hydrogen-bond donors (Lipinski definition) is 2. The van der Waals surface area contributed by atoms with Crippen LogP contribution in [0.5, 0.6) is 5.75 Å². The zero-order chi connectivity index (χ0) is 24.0. The monoisotopic (exact) mass is 469 g/mol. The maximum Gasteiger partial charge on any atom is 0.161 e. The Balaban J connectivity index is 1.39. The molecule has 0 amide bonds. The molecule has 4 aromatic rings. The zero-order valence-electron chi connectivity index (χ0n) is 20.2. The predicted molar refractivity (Wildman–Crippen MR) is 140 cm³/mol. The van der Waals surface area contributed by atoms with Crippen molar-refractivity contribution in [2.24, 2.45) is 0 Å². The van der Waals surface area contributed by atoms with E-state index in [1.165, 1.54) is 25.9 Å². The van der Waals surface area contributed by atoms with Crippen LogP contribution in [0.2, 0.25) is 0 Å². The van der Waals surface area contributed by atoms with Gasteiger partial charge < -0.3 is 20.3 Å². The van der Waals surface area contributed by atoms with Gasteiger partial charge in [0.25, 0.3) is 0 Å². The summed E-state index contributed by atoms with van der Waals surface area (Å²) in [7, 11) is 0. The zero-order valence-corrected chi connectivity index (χ0v) is 20.2. The molecule has 1 aliphatic heterocycles. The topological polar surface area (TPSA) is 88.1 Å². The van der Waals surface area contributed by atoms with Crippen molar-refractivity contribution < 1.29 is 4.74 Å². The Kier molecular flexibility index (Phi) is 6.99. The van der Waals surface area contributed by atoms with Crippen molar-refractivity contribution in [3.63, 3.8) is 0 Å². The molecule has 35 heavy (non-hydrogen) atoms. The molecule has 8 heteroatoms. The molecule has 2 N–H and O–H groups in total. The van der Waals surface area contributed by atoms with E-state index in [1.807, 2.05) is 62.4 Å². The molecule has 5 rings (SSSR count). The second kappa shape index (κ2) is 10.7. The molecule has 0 bridgehead atoms. The van der Waals surface area contributed by atoms with Crippen LogP contribution < -0.4 is 15.4 Å². The number of nitrogens with one attached hydrogen (secondary N) is 2. The number of hydrogen-bond acceptors (Lipinski definition) is 8. The first-order chi connectivity index (χ1) is 17.1. The van der Waals surface area contributed by atoms with Crippen LogP contribution in [0.4, 0.5) is 17.3 Å². The van der Waals surface area contributed by atoms with Gasteiger partial charge in [-0.25, -0.2) is 19.9 Å². The van der Waals surface area contributed by atoms with E-state index in [2.05, 4.69) is 30.5 Å². The lowest BCUT2D eigenvalue weighted by atomic mass is 10.1. The Bertz CT molecular complexity index is 1290. The minimum atomic E-state index is 0.102. The summed E-state index contributed by atoms with van der Waals surface area (Å²) in [6.07, 6.45) is 6.04. The number of ether oxygens (including phenoxy) is 1. The van der Waals surface area contributed by atoms with Gasteiger partial charge in [0.1, 0.15) is 23.7 Å². The molecule has 1 aliphatic rings. The largest absolute Gasteiger partial charge is 0.491 e. The van der Waals surface area contributed by atoms with Crippen LogP contribution in [-0.2, 0) is 0 Å². The highest BCUT2D eigenvalue weighted by Gasteiger charge is 2.12. The van der Waals surface area contributed by atoms with E-state index in [0.717, 1.165) is 47.0 Å².